The van der Waals surface area contributed by atoms with Gasteiger partial charge in [-0.15, -0.1) is 0 Å². The largest absolute Gasteiger partial charge is 0.369 e. The van der Waals surface area contributed by atoms with E-state index >= 15 is 0 Å². The van der Waals surface area contributed by atoms with Gasteiger partial charge in [0.05, 0.1) is 5.69 Å². The van der Waals surface area contributed by atoms with Crippen molar-refractivity contribution in [1.82, 2.24) is 24.2 Å². The van der Waals surface area contributed by atoms with Gasteiger partial charge in [-0.05, 0) is 32.9 Å². The Morgan fingerprint density at radius 1 is 1.42 bits per heavy atom. The van der Waals surface area contributed by atoms with Crippen LogP contribution in [0.5, 0.6) is 0 Å². The average Bonchev–Trinajstić information content (AvgIpc) is 3.01. The van der Waals surface area contributed by atoms with E-state index in [9.17, 15) is 0 Å². The molecule has 2 aromatic rings. The van der Waals surface area contributed by atoms with Gasteiger partial charge in [0.25, 0.3) is 0 Å². The minimum Gasteiger partial charge on any atom is -0.369 e. The monoisotopic (exact) mass is 262 g/mol. The average molecular weight is 262 g/mol. The molecule has 3 rings (SSSR count). The summed E-state index contributed by atoms with van der Waals surface area (Å²) in [6, 6.07) is 0.569. The predicted molar refractivity (Wildman–Crippen MR) is 75.9 cm³/mol. The Bertz CT molecular complexity index is 596. The van der Waals surface area contributed by atoms with Gasteiger partial charge in [0, 0.05) is 19.6 Å². The van der Waals surface area contributed by atoms with Gasteiger partial charge in [0.15, 0.2) is 5.65 Å². The molecular formula is C13H22N6. The first-order chi connectivity index (χ1) is 9.11. The SMILES string of the molecule is CCN1CCCC1Cn1c(N)nc2c(C)nn(C)c21. The summed E-state index contributed by atoms with van der Waals surface area (Å²) in [5, 5.41) is 4.43. The highest BCUT2D eigenvalue weighted by atomic mass is 15.4. The summed E-state index contributed by atoms with van der Waals surface area (Å²) < 4.78 is 4.01. The molecule has 1 aliphatic rings. The summed E-state index contributed by atoms with van der Waals surface area (Å²) in [5.74, 6) is 0.606. The normalized spacial score (nSPS) is 20.7. The molecular weight excluding hydrogens is 240 g/mol. The minimum atomic E-state index is 0.569. The van der Waals surface area contributed by atoms with Crippen LogP contribution >= 0.6 is 0 Å². The number of likely N-dealkylation sites (N-methyl/N-ethyl adjacent to an activating group) is 1. The van der Waals surface area contributed by atoms with Crippen LogP contribution in [-0.2, 0) is 13.6 Å². The molecule has 104 valence electrons. The van der Waals surface area contributed by atoms with Gasteiger partial charge in [0.1, 0.15) is 5.52 Å². The third-order valence-electron chi connectivity index (χ3n) is 4.22. The number of aromatic nitrogens is 4. The molecule has 0 bridgehead atoms. The van der Waals surface area contributed by atoms with E-state index in [1.165, 1.54) is 19.4 Å². The number of nitrogens with zero attached hydrogens (tertiary/aromatic N) is 5. The minimum absolute atomic E-state index is 0.569. The number of likely N-dealkylation sites (tertiary alicyclic amines) is 1. The van der Waals surface area contributed by atoms with E-state index in [1.807, 2.05) is 18.7 Å². The number of hydrogen-bond acceptors (Lipinski definition) is 4. The van der Waals surface area contributed by atoms with E-state index in [0.29, 0.717) is 12.0 Å². The second-order valence-electron chi connectivity index (χ2n) is 5.39. The van der Waals surface area contributed by atoms with E-state index < -0.39 is 0 Å². The third-order valence-corrected chi connectivity index (χ3v) is 4.22. The maximum Gasteiger partial charge on any atom is 0.202 e. The van der Waals surface area contributed by atoms with Crippen LogP contribution in [0.3, 0.4) is 0 Å². The summed E-state index contributed by atoms with van der Waals surface area (Å²) >= 11 is 0. The van der Waals surface area contributed by atoms with Gasteiger partial charge in [0.2, 0.25) is 5.95 Å². The third kappa shape index (κ3) is 1.90. The predicted octanol–water partition coefficient (Wildman–Crippen LogP) is 1.14. The van der Waals surface area contributed by atoms with Crippen LogP contribution < -0.4 is 5.73 Å². The number of fused-ring (bicyclic) bond motifs is 1. The van der Waals surface area contributed by atoms with E-state index in [-0.39, 0.29) is 0 Å². The molecule has 1 aliphatic heterocycles. The highest BCUT2D eigenvalue weighted by Crippen LogP contribution is 2.24. The number of rotatable bonds is 3. The number of anilines is 1. The van der Waals surface area contributed by atoms with Gasteiger partial charge in [-0.1, -0.05) is 6.92 Å². The Morgan fingerprint density at radius 2 is 2.21 bits per heavy atom. The van der Waals surface area contributed by atoms with Crippen LogP contribution in [0.2, 0.25) is 0 Å². The molecule has 19 heavy (non-hydrogen) atoms. The molecule has 0 radical (unpaired) electrons. The molecule has 1 fully saturated rings. The Morgan fingerprint density at radius 3 is 2.95 bits per heavy atom. The summed E-state index contributed by atoms with van der Waals surface area (Å²) in [6.45, 7) is 7.41. The van der Waals surface area contributed by atoms with Crippen molar-refractivity contribution in [2.24, 2.45) is 7.05 Å². The van der Waals surface area contributed by atoms with E-state index in [0.717, 1.165) is 29.9 Å². The van der Waals surface area contributed by atoms with Crippen molar-refractivity contribution in [2.75, 3.05) is 18.8 Å². The molecule has 0 saturated carbocycles. The molecule has 6 heteroatoms. The zero-order valence-corrected chi connectivity index (χ0v) is 11.9. The standard InChI is InChI=1S/C13H22N6/c1-4-18-7-5-6-10(18)8-19-12-11(15-13(19)14)9(2)16-17(12)3/h10H,4-8H2,1-3H3,(H2,14,15). The Hall–Kier alpha value is -1.56. The summed E-state index contributed by atoms with van der Waals surface area (Å²) in [6.07, 6.45) is 2.52. The van der Waals surface area contributed by atoms with Crippen LogP contribution in [0, 0.1) is 6.92 Å². The highest BCUT2D eigenvalue weighted by Gasteiger charge is 2.25. The van der Waals surface area contributed by atoms with Crippen LogP contribution in [0.1, 0.15) is 25.5 Å². The van der Waals surface area contributed by atoms with Crippen molar-refractivity contribution in [2.45, 2.75) is 39.3 Å². The quantitative estimate of drug-likeness (QED) is 0.901. The Balaban J connectivity index is 1.98. The van der Waals surface area contributed by atoms with Gasteiger partial charge in [-0.2, -0.15) is 5.10 Å². The molecule has 1 atom stereocenters. The van der Waals surface area contributed by atoms with Crippen LogP contribution in [0.25, 0.3) is 11.2 Å². The second kappa shape index (κ2) is 4.52. The van der Waals surface area contributed by atoms with Gasteiger partial charge < -0.3 is 5.73 Å². The molecule has 3 heterocycles. The number of hydrogen-bond donors (Lipinski definition) is 1. The van der Waals surface area contributed by atoms with Crippen molar-refractivity contribution in [1.29, 1.82) is 0 Å². The summed E-state index contributed by atoms with van der Waals surface area (Å²) in [7, 11) is 1.96. The lowest BCUT2D eigenvalue weighted by Gasteiger charge is -2.23. The van der Waals surface area contributed by atoms with Crippen molar-refractivity contribution in [3.63, 3.8) is 0 Å². The number of nitrogen functional groups attached to an aromatic ring is 1. The molecule has 1 saturated heterocycles. The van der Waals surface area contributed by atoms with Gasteiger partial charge >= 0.3 is 0 Å². The molecule has 1 unspecified atom stereocenters. The zero-order chi connectivity index (χ0) is 13.6. The first kappa shape index (κ1) is 12.5. The molecule has 0 amide bonds. The lowest BCUT2D eigenvalue weighted by molar-refractivity contribution is 0.246. The van der Waals surface area contributed by atoms with E-state index in [2.05, 4.69) is 26.5 Å². The van der Waals surface area contributed by atoms with Crippen molar-refractivity contribution in [3.05, 3.63) is 5.69 Å². The van der Waals surface area contributed by atoms with Gasteiger partial charge in [-0.25, -0.2) is 4.98 Å². The molecule has 2 aromatic heterocycles. The molecule has 2 N–H and O–H groups in total. The second-order valence-corrected chi connectivity index (χ2v) is 5.39. The van der Waals surface area contributed by atoms with E-state index in [4.69, 9.17) is 5.73 Å². The molecule has 0 aliphatic carbocycles. The fourth-order valence-electron chi connectivity index (χ4n) is 3.26. The van der Waals surface area contributed by atoms with Crippen molar-refractivity contribution < 1.29 is 0 Å². The van der Waals surface area contributed by atoms with Crippen LogP contribution in [0.4, 0.5) is 5.95 Å². The fraction of sp³-hybridized carbons (Fsp3) is 0.692. The number of nitrogens with two attached hydrogens (primary N) is 1. The Kier molecular flexibility index (Phi) is 2.97. The molecule has 0 spiro atoms. The number of imidazole rings is 1. The first-order valence-corrected chi connectivity index (χ1v) is 7.01. The fourth-order valence-corrected chi connectivity index (χ4v) is 3.26. The summed E-state index contributed by atoms with van der Waals surface area (Å²) in [5.41, 5.74) is 9.01. The zero-order valence-electron chi connectivity index (χ0n) is 11.9. The number of aryl methyl sites for hydroxylation is 2. The lowest BCUT2D eigenvalue weighted by atomic mass is 10.2. The maximum absolute atomic E-state index is 6.09. The van der Waals surface area contributed by atoms with Crippen LogP contribution in [0.15, 0.2) is 0 Å². The lowest BCUT2D eigenvalue weighted by Crippen LogP contribution is -2.33. The van der Waals surface area contributed by atoms with Crippen molar-refractivity contribution >= 4 is 17.1 Å². The smallest absolute Gasteiger partial charge is 0.202 e. The summed E-state index contributed by atoms with van der Waals surface area (Å²) in [4.78, 5) is 6.99. The highest BCUT2D eigenvalue weighted by molar-refractivity contribution is 5.77. The van der Waals surface area contributed by atoms with Crippen LogP contribution in [-0.4, -0.2) is 43.4 Å². The Labute approximate surface area is 113 Å². The van der Waals surface area contributed by atoms with E-state index in [1.54, 1.807) is 0 Å². The maximum atomic E-state index is 6.09. The topological polar surface area (TPSA) is 64.9 Å². The van der Waals surface area contributed by atoms with Gasteiger partial charge in [-0.3, -0.25) is 14.1 Å². The molecule has 6 nitrogen and oxygen atoms in total. The van der Waals surface area contributed by atoms with Crippen molar-refractivity contribution in [3.8, 4) is 0 Å². The first-order valence-electron chi connectivity index (χ1n) is 7.01. The molecule has 0 aromatic carbocycles.